The van der Waals surface area contributed by atoms with Gasteiger partial charge in [0.15, 0.2) is 0 Å². The van der Waals surface area contributed by atoms with E-state index >= 15 is 0 Å². The molecule has 0 spiro atoms. The van der Waals surface area contributed by atoms with Crippen molar-refractivity contribution in [3.63, 3.8) is 0 Å². The van der Waals surface area contributed by atoms with E-state index < -0.39 is 24.4 Å². The molecule has 92 valence electrons. The Morgan fingerprint density at radius 2 is 1.73 bits per heavy atom. The molecule has 1 saturated heterocycles. The van der Waals surface area contributed by atoms with E-state index in [0.29, 0.717) is 5.25 Å². The highest BCUT2D eigenvalue weighted by Gasteiger charge is 2.36. The Bertz CT molecular complexity index is 162. The Hall–Kier alpha value is 0.150. The lowest BCUT2D eigenvalue weighted by Crippen LogP contribution is -2.53. The van der Waals surface area contributed by atoms with Gasteiger partial charge in [-0.1, -0.05) is 13.8 Å². The standard InChI is InChI=1S/C6H12O5.C3H8S/c7-1-4-6(10)5(9)3(8)2-11-4;1-3(2)4/h3-10H,1-2H2;3-4H,1-2H3/t3-,4+,5+,6-;/m0./s1. The highest BCUT2D eigenvalue weighted by Crippen LogP contribution is 2.14. The van der Waals surface area contributed by atoms with Crippen LogP contribution in [0.5, 0.6) is 0 Å². The van der Waals surface area contributed by atoms with Gasteiger partial charge >= 0.3 is 0 Å². The van der Waals surface area contributed by atoms with Crippen molar-refractivity contribution >= 4 is 12.6 Å². The fourth-order valence-electron chi connectivity index (χ4n) is 1.03. The molecule has 1 heterocycles. The van der Waals surface area contributed by atoms with Gasteiger partial charge in [-0.25, -0.2) is 0 Å². The van der Waals surface area contributed by atoms with E-state index in [2.05, 4.69) is 12.6 Å². The normalized spacial score (nSPS) is 36.0. The molecule has 1 rings (SSSR count). The van der Waals surface area contributed by atoms with Crippen LogP contribution in [0.3, 0.4) is 0 Å². The minimum atomic E-state index is -1.22. The van der Waals surface area contributed by atoms with E-state index in [4.69, 9.17) is 25.2 Å². The molecule has 6 heteroatoms. The summed E-state index contributed by atoms with van der Waals surface area (Å²) in [5.74, 6) is 0. The second-order valence-electron chi connectivity index (χ2n) is 3.70. The Morgan fingerprint density at radius 1 is 1.27 bits per heavy atom. The number of aliphatic hydroxyl groups is 4. The monoisotopic (exact) mass is 240 g/mol. The molecule has 0 radical (unpaired) electrons. The van der Waals surface area contributed by atoms with E-state index in [-0.39, 0.29) is 13.2 Å². The van der Waals surface area contributed by atoms with Crippen LogP contribution < -0.4 is 0 Å². The van der Waals surface area contributed by atoms with Crippen LogP contribution in [0.15, 0.2) is 0 Å². The summed E-state index contributed by atoms with van der Waals surface area (Å²) in [7, 11) is 0. The van der Waals surface area contributed by atoms with Gasteiger partial charge in [0.25, 0.3) is 0 Å². The number of ether oxygens (including phenoxy) is 1. The summed E-state index contributed by atoms with van der Waals surface area (Å²) in [6, 6.07) is 0. The molecule has 15 heavy (non-hydrogen) atoms. The first-order chi connectivity index (χ1) is 6.90. The molecular weight excluding hydrogens is 220 g/mol. The smallest absolute Gasteiger partial charge is 0.111 e. The molecule has 0 aromatic rings. The van der Waals surface area contributed by atoms with Crippen molar-refractivity contribution in [2.75, 3.05) is 13.2 Å². The molecule has 0 saturated carbocycles. The Kier molecular flexibility index (Phi) is 7.50. The molecule has 0 aliphatic carbocycles. The number of rotatable bonds is 1. The van der Waals surface area contributed by atoms with Gasteiger partial charge in [0.1, 0.15) is 24.4 Å². The van der Waals surface area contributed by atoms with Crippen molar-refractivity contribution in [1.29, 1.82) is 0 Å². The average molecular weight is 240 g/mol. The zero-order chi connectivity index (χ0) is 12.0. The van der Waals surface area contributed by atoms with Crippen LogP contribution in [0.25, 0.3) is 0 Å². The number of hydrogen-bond donors (Lipinski definition) is 5. The summed E-state index contributed by atoms with van der Waals surface area (Å²) in [5.41, 5.74) is 0. The van der Waals surface area contributed by atoms with E-state index in [1.54, 1.807) is 0 Å². The fraction of sp³-hybridized carbons (Fsp3) is 1.00. The first kappa shape index (κ1) is 15.2. The van der Waals surface area contributed by atoms with Crippen molar-refractivity contribution in [2.24, 2.45) is 0 Å². The van der Waals surface area contributed by atoms with Crippen molar-refractivity contribution < 1.29 is 25.2 Å². The molecule has 1 aliphatic heterocycles. The maximum atomic E-state index is 9.11. The van der Waals surface area contributed by atoms with Crippen LogP contribution in [0.1, 0.15) is 13.8 Å². The van der Waals surface area contributed by atoms with Gasteiger partial charge in [-0.3, -0.25) is 0 Å². The van der Waals surface area contributed by atoms with Crippen molar-refractivity contribution in [2.45, 2.75) is 43.5 Å². The third kappa shape index (κ3) is 5.70. The van der Waals surface area contributed by atoms with Crippen LogP contribution in [-0.2, 0) is 4.74 Å². The predicted octanol–water partition coefficient (Wildman–Crippen LogP) is -1.22. The Balaban J connectivity index is 0.000000423. The Labute approximate surface area is 95.1 Å². The molecule has 0 aromatic heterocycles. The molecule has 1 fully saturated rings. The lowest BCUT2D eigenvalue weighted by Gasteiger charge is -2.34. The van der Waals surface area contributed by atoms with Gasteiger partial charge in [-0.2, -0.15) is 12.6 Å². The van der Waals surface area contributed by atoms with Gasteiger partial charge in [-0.05, 0) is 5.25 Å². The summed E-state index contributed by atoms with van der Waals surface area (Å²) in [4.78, 5) is 0. The lowest BCUT2D eigenvalue weighted by molar-refractivity contribution is -0.195. The lowest BCUT2D eigenvalue weighted by atomic mass is 10.0. The largest absolute Gasteiger partial charge is 0.394 e. The van der Waals surface area contributed by atoms with Crippen molar-refractivity contribution in [1.82, 2.24) is 0 Å². The molecule has 0 bridgehead atoms. The maximum Gasteiger partial charge on any atom is 0.111 e. The first-order valence-corrected chi connectivity index (χ1v) is 5.36. The minimum Gasteiger partial charge on any atom is -0.394 e. The van der Waals surface area contributed by atoms with Gasteiger partial charge in [-0.15, -0.1) is 0 Å². The quantitative estimate of drug-likeness (QED) is 0.371. The maximum absolute atomic E-state index is 9.11. The van der Waals surface area contributed by atoms with Crippen LogP contribution in [0.4, 0.5) is 0 Å². The molecule has 4 N–H and O–H groups in total. The van der Waals surface area contributed by atoms with Crippen LogP contribution in [0.2, 0.25) is 0 Å². The van der Waals surface area contributed by atoms with Gasteiger partial charge in [0, 0.05) is 0 Å². The van der Waals surface area contributed by atoms with Gasteiger partial charge < -0.3 is 25.2 Å². The highest BCUT2D eigenvalue weighted by molar-refractivity contribution is 7.80. The molecular formula is C9H20O5S. The molecule has 1 aliphatic rings. The van der Waals surface area contributed by atoms with E-state index in [1.807, 2.05) is 13.8 Å². The van der Waals surface area contributed by atoms with Crippen molar-refractivity contribution in [3.8, 4) is 0 Å². The van der Waals surface area contributed by atoms with Crippen molar-refractivity contribution in [3.05, 3.63) is 0 Å². The molecule has 0 aromatic carbocycles. The number of hydrogen-bond acceptors (Lipinski definition) is 6. The predicted molar refractivity (Wildman–Crippen MR) is 59.0 cm³/mol. The molecule has 5 nitrogen and oxygen atoms in total. The Morgan fingerprint density at radius 3 is 2.13 bits per heavy atom. The number of thiol groups is 1. The third-order valence-electron chi connectivity index (χ3n) is 1.79. The summed E-state index contributed by atoms with van der Waals surface area (Å²) in [6.45, 7) is 3.65. The van der Waals surface area contributed by atoms with Crippen LogP contribution in [-0.4, -0.2) is 63.3 Å². The molecule has 0 amide bonds. The highest BCUT2D eigenvalue weighted by atomic mass is 32.1. The zero-order valence-corrected chi connectivity index (χ0v) is 9.84. The average Bonchev–Trinajstić information content (AvgIpc) is 2.14. The van der Waals surface area contributed by atoms with E-state index in [0.717, 1.165) is 0 Å². The van der Waals surface area contributed by atoms with Crippen LogP contribution >= 0.6 is 12.6 Å². The first-order valence-electron chi connectivity index (χ1n) is 4.84. The number of aliphatic hydroxyl groups excluding tert-OH is 4. The molecule has 4 atom stereocenters. The fourth-order valence-corrected chi connectivity index (χ4v) is 1.03. The van der Waals surface area contributed by atoms with E-state index in [9.17, 15) is 0 Å². The zero-order valence-electron chi connectivity index (χ0n) is 8.95. The van der Waals surface area contributed by atoms with Gasteiger partial charge in [0.2, 0.25) is 0 Å². The summed E-state index contributed by atoms with van der Waals surface area (Å²) < 4.78 is 4.81. The molecule has 0 unspecified atom stereocenters. The second-order valence-corrected chi connectivity index (χ2v) is 4.73. The summed E-state index contributed by atoms with van der Waals surface area (Å²) in [5, 5.41) is 36.2. The minimum absolute atomic E-state index is 0.0521. The topological polar surface area (TPSA) is 90.2 Å². The van der Waals surface area contributed by atoms with Crippen LogP contribution in [0, 0.1) is 0 Å². The third-order valence-corrected chi connectivity index (χ3v) is 1.79. The SMILES string of the molecule is CC(C)S.OC[C@H]1OC[C@H](O)[C@@H](O)[C@H]1O. The van der Waals surface area contributed by atoms with Gasteiger partial charge in [0.05, 0.1) is 13.2 Å². The second kappa shape index (κ2) is 7.43. The van der Waals surface area contributed by atoms with E-state index in [1.165, 1.54) is 0 Å². The summed E-state index contributed by atoms with van der Waals surface area (Å²) in [6.07, 6.45) is -4.27. The summed E-state index contributed by atoms with van der Waals surface area (Å²) >= 11 is 3.97.